The van der Waals surface area contributed by atoms with E-state index in [1.807, 2.05) is 0 Å². The fourth-order valence-corrected chi connectivity index (χ4v) is 0.298. The van der Waals surface area contributed by atoms with Gasteiger partial charge in [-0.2, -0.15) is 13.2 Å². The minimum absolute atomic E-state index is 2.07. The van der Waals surface area contributed by atoms with Crippen molar-refractivity contribution in [1.29, 1.82) is 0 Å². The fraction of sp³-hybridized carbons (Fsp3) is 1.00. The van der Waals surface area contributed by atoms with E-state index >= 15 is 0 Å². The summed E-state index contributed by atoms with van der Waals surface area (Å²) in [6.07, 6.45) is -6.51. The number of hydrogen-bond donors (Lipinski definition) is 0. The number of hydrogen-bond acceptors (Lipinski definition) is 4. The maximum absolute atomic E-state index is 11.5. The molecular formula is C2HF3N4. The van der Waals surface area contributed by atoms with Gasteiger partial charge in [-0.15, -0.1) is 10.2 Å². The Kier molecular flexibility index (Phi) is 1.19. The second-order valence-electron chi connectivity index (χ2n) is 1.33. The third kappa shape index (κ3) is 1.21. The zero-order valence-corrected chi connectivity index (χ0v) is 4.00. The fourth-order valence-electron chi connectivity index (χ4n) is 0.298. The van der Waals surface area contributed by atoms with E-state index in [0.29, 0.717) is 0 Å². The van der Waals surface area contributed by atoms with E-state index in [0.717, 1.165) is 0 Å². The van der Waals surface area contributed by atoms with Crippen LogP contribution in [0.1, 0.15) is 0 Å². The molecule has 1 rings (SSSR count). The number of nitrogens with zero attached hydrogens (tertiary/aromatic N) is 4. The zero-order chi connectivity index (χ0) is 6.91. The highest BCUT2D eigenvalue weighted by Gasteiger charge is 2.42. The van der Waals surface area contributed by atoms with E-state index in [9.17, 15) is 13.2 Å². The highest BCUT2D eigenvalue weighted by Crippen LogP contribution is 2.26. The smallest absolute Gasteiger partial charge is 0.166 e. The molecule has 0 aromatic rings. The molecule has 9 heavy (non-hydrogen) atoms. The van der Waals surface area contributed by atoms with Gasteiger partial charge in [-0.05, 0) is 10.4 Å². The van der Waals surface area contributed by atoms with Gasteiger partial charge in [-0.3, -0.25) is 0 Å². The third-order valence-corrected chi connectivity index (χ3v) is 0.655. The molecular weight excluding hydrogens is 137 g/mol. The normalized spacial score (nSPS) is 19.4. The molecule has 1 aliphatic heterocycles. The van der Waals surface area contributed by atoms with Crippen molar-refractivity contribution in [2.24, 2.45) is 20.7 Å². The number of rotatable bonds is 0. The molecule has 0 N–H and O–H groups in total. The summed E-state index contributed by atoms with van der Waals surface area (Å²) in [6.45, 7) is 0. The summed E-state index contributed by atoms with van der Waals surface area (Å²) in [4.78, 5) is 0. The van der Waals surface area contributed by atoms with E-state index < -0.39 is 12.3 Å². The Morgan fingerprint density at radius 1 is 1.00 bits per heavy atom. The maximum atomic E-state index is 11.5. The van der Waals surface area contributed by atoms with Gasteiger partial charge in [0.25, 0.3) is 6.17 Å². The van der Waals surface area contributed by atoms with Gasteiger partial charge in [0.2, 0.25) is 0 Å². The molecule has 0 bridgehead atoms. The third-order valence-electron chi connectivity index (χ3n) is 0.655. The zero-order valence-electron chi connectivity index (χ0n) is 4.00. The predicted molar refractivity (Wildman–Crippen MR) is 19.6 cm³/mol. The van der Waals surface area contributed by atoms with Crippen LogP contribution in [0.25, 0.3) is 0 Å². The lowest BCUT2D eigenvalue weighted by atomic mass is 10.5. The molecule has 0 saturated heterocycles. The molecule has 0 radical (unpaired) electrons. The van der Waals surface area contributed by atoms with E-state index in [1.165, 1.54) is 0 Å². The van der Waals surface area contributed by atoms with Crippen LogP contribution >= 0.6 is 0 Å². The SMILES string of the molecule is FC(F)(F)C1N=NN=N1. The largest absolute Gasteiger partial charge is 0.434 e. The van der Waals surface area contributed by atoms with E-state index in [4.69, 9.17) is 0 Å². The molecule has 0 spiro atoms. The lowest BCUT2D eigenvalue weighted by molar-refractivity contribution is -0.145. The average molecular weight is 138 g/mol. The van der Waals surface area contributed by atoms with Crippen LogP contribution in [0, 0.1) is 0 Å². The maximum Gasteiger partial charge on any atom is 0.434 e. The molecule has 0 unspecified atom stereocenters. The summed E-state index contributed by atoms with van der Waals surface area (Å²) < 4.78 is 34.4. The molecule has 4 nitrogen and oxygen atoms in total. The van der Waals surface area contributed by atoms with Crippen molar-refractivity contribution < 1.29 is 13.2 Å². The molecule has 0 aliphatic carbocycles. The van der Waals surface area contributed by atoms with Gasteiger partial charge in [-0.25, -0.2) is 0 Å². The van der Waals surface area contributed by atoms with E-state index in [2.05, 4.69) is 20.7 Å². The first-order valence-corrected chi connectivity index (χ1v) is 1.97. The van der Waals surface area contributed by atoms with Crippen molar-refractivity contribution in [1.82, 2.24) is 0 Å². The number of halogens is 3. The first-order valence-electron chi connectivity index (χ1n) is 1.97. The summed E-state index contributed by atoms with van der Waals surface area (Å²) >= 11 is 0. The van der Waals surface area contributed by atoms with Crippen molar-refractivity contribution in [3.05, 3.63) is 0 Å². The molecule has 1 heterocycles. The lowest BCUT2D eigenvalue weighted by Gasteiger charge is -2.03. The molecule has 0 fully saturated rings. The Morgan fingerprint density at radius 2 is 1.44 bits per heavy atom. The Hall–Kier alpha value is -1.01. The minimum Gasteiger partial charge on any atom is -0.166 e. The summed E-state index contributed by atoms with van der Waals surface area (Å²) in [5, 5.41) is 10.7. The van der Waals surface area contributed by atoms with Crippen LogP contribution in [-0.4, -0.2) is 12.3 Å². The van der Waals surface area contributed by atoms with Gasteiger partial charge >= 0.3 is 6.18 Å². The molecule has 0 atom stereocenters. The van der Waals surface area contributed by atoms with Crippen LogP contribution in [-0.2, 0) is 0 Å². The van der Waals surface area contributed by atoms with Crippen molar-refractivity contribution >= 4 is 0 Å². The Morgan fingerprint density at radius 3 is 1.67 bits per heavy atom. The van der Waals surface area contributed by atoms with Gasteiger partial charge in [0.1, 0.15) is 0 Å². The molecule has 0 amide bonds. The van der Waals surface area contributed by atoms with Crippen LogP contribution in [0.3, 0.4) is 0 Å². The van der Waals surface area contributed by atoms with Gasteiger partial charge in [0.15, 0.2) is 0 Å². The van der Waals surface area contributed by atoms with Gasteiger partial charge < -0.3 is 0 Å². The monoisotopic (exact) mass is 138 g/mol. The second-order valence-corrected chi connectivity index (χ2v) is 1.33. The lowest BCUT2D eigenvalue weighted by Crippen LogP contribution is -2.22. The van der Waals surface area contributed by atoms with Crippen LogP contribution in [0.4, 0.5) is 13.2 Å². The van der Waals surface area contributed by atoms with Gasteiger partial charge in [-0.1, -0.05) is 0 Å². The van der Waals surface area contributed by atoms with Crippen LogP contribution in [0.15, 0.2) is 20.7 Å². The summed E-state index contributed by atoms with van der Waals surface area (Å²) in [6, 6.07) is 0. The highest BCUT2D eigenvalue weighted by atomic mass is 19.4. The topological polar surface area (TPSA) is 49.4 Å². The molecule has 0 saturated carbocycles. The predicted octanol–water partition coefficient (Wildman–Crippen LogP) is 1.71. The Bertz CT molecular complexity index is 146. The van der Waals surface area contributed by atoms with Crippen LogP contribution < -0.4 is 0 Å². The second kappa shape index (κ2) is 1.74. The van der Waals surface area contributed by atoms with Crippen molar-refractivity contribution in [3.8, 4) is 0 Å². The standard InChI is InChI=1S/C2HF3N4/c3-2(4,5)1-6-8-9-7-1/h1H. The summed E-state index contributed by atoms with van der Waals surface area (Å²) in [5.41, 5.74) is 0. The van der Waals surface area contributed by atoms with Gasteiger partial charge in [0.05, 0.1) is 0 Å². The summed E-state index contributed by atoms with van der Waals surface area (Å²) in [5.74, 6) is 0. The first-order chi connectivity index (χ1) is 4.11. The molecule has 0 aromatic carbocycles. The Balaban J connectivity index is 2.64. The van der Waals surface area contributed by atoms with Crippen LogP contribution in [0.2, 0.25) is 0 Å². The van der Waals surface area contributed by atoms with Gasteiger partial charge in [0, 0.05) is 0 Å². The number of alkyl halides is 3. The Labute approximate surface area is 47.5 Å². The van der Waals surface area contributed by atoms with E-state index in [1.54, 1.807) is 0 Å². The van der Waals surface area contributed by atoms with Crippen molar-refractivity contribution in [2.75, 3.05) is 0 Å². The molecule has 0 aromatic heterocycles. The first kappa shape index (κ1) is 6.12. The summed E-state index contributed by atoms with van der Waals surface area (Å²) in [7, 11) is 0. The van der Waals surface area contributed by atoms with Crippen LogP contribution in [0.5, 0.6) is 0 Å². The molecule has 50 valence electrons. The minimum atomic E-state index is -4.44. The van der Waals surface area contributed by atoms with Crippen molar-refractivity contribution in [2.45, 2.75) is 12.3 Å². The van der Waals surface area contributed by atoms with E-state index in [-0.39, 0.29) is 0 Å². The molecule has 1 aliphatic rings. The van der Waals surface area contributed by atoms with Crippen molar-refractivity contribution in [3.63, 3.8) is 0 Å². The molecule has 7 heteroatoms. The quantitative estimate of drug-likeness (QED) is 0.489. The average Bonchev–Trinajstić information content (AvgIpc) is 2.08. The highest BCUT2D eigenvalue weighted by molar-refractivity contribution is 4.70.